The monoisotopic (exact) mass is 343 g/mol. The minimum absolute atomic E-state index is 0.166. The Labute approximate surface area is 148 Å². The Hall–Kier alpha value is -1.72. The second-order valence-corrected chi connectivity index (χ2v) is 7.96. The molecule has 0 saturated carbocycles. The van der Waals surface area contributed by atoms with Crippen LogP contribution in [-0.4, -0.2) is 40.3 Å². The van der Waals surface area contributed by atoms with Gasteiger partial charge >= 0.3 is 0 Å². The third-order valence-electron chi connectivity index (χ3n) is 5.43. The molecule has 1 atom stereocenters. The van der Waals surface area contributed by atoms with E-state index in [2.05, 4.69) is 34.5 Å². The number of ether oxygens (including phenoxy) is 1. The minimum Gasteiger partial charge on any atom is -0.377 e. The molecular formula is C20H26FN3O. The van der Waals surface area contributed by atoms with Crippen LogP contribution in [0.3, 0.4) is 0 Å². The first kappa shape index (κ1) is 16.7. The van der Waals surface area contributed by atoms with Crippen molar-refractivity contribution in [2.24, 2.45) is 5.41 Å². The largest absolute Gasteiger partial charge is 0.377 e. The lowest BCUT2D eigenvalue weighted by Crippen LogP contribution is -2.56. The van der Waals surface area contributed by atoms with Gasteiger partial charge in [0.05, 0.1) is 19.3 Å². The lowest BCUT2D eigenvalue weighted by Gasteiger charge is -2.47. The molecule has 0 N–H and O–H groups in total. The predicted molar refractivity (Wildman–Crippen MR) is 94.8 cm³/mol. The van der Waals surface area contributed by atoms with Gasteiger partial charge in [0.1, 0.15) is 11.6 Å². The molecule has 134 valence electrons. The van der Waals surface area contributed by atoms with Crippen LogP contribution in [0, 0.1) is 11.2 Å². The molecule has 0 radical (unpaired) electrons. The van der Waals surface area contributed by atoms with E-state index < -0.39 is 0 Å². The summed E-state index contributed by atoms with van der Waals surface area (Å²) in [5, 5.41) is 0. The van der Waals surface area contributed by atoms with Crippen molar-refractivity contribution in [3.05, 3.63) is 53.9 Å². The van der Waals surface area contributed by atoms with Crippen LogP contribution in [0.4, 0.5) is 4.39 Å². The molecule has 2 fully saturated rings. The number of rotatable bonds is 5. The summed E-state index contributed by atoms with van der Waals surface area (Å²) < 4.78 is 21.6. The highest BCUT2D eigenvalue weighted by Gasteiger charge is 2.49. The Balaban J connectivity index is 1.30. The number of hydrogen-bond donors (Lipinski definition) is 0. The van der Waals surface area contributed by atoms with Crippen LogP contribution in [0.25, 0.3) is 0 Å². The van der Waals surface area contributed by atoms with E-state index in [0.29, 0.717) is 6.04 Å². The highest BCUT2D eigenvalue weighted by molar-refractivity contribution is 5.18. The van der Waals surface area contributed by atoms with Gasteiger partial charge in [0, 0.05) is 36.9 Å². The highest BCUT2D eigenvalue weighted by atomic mass is 19.1. The number of benzene rings is 1. The minimum atomic E-state index is -0.166. The molecule has 3 heterocycles. The summed E-state index contributed by atoms with van der Waals surface area (Å²) >= 11 is 0. The summed E-state index contributed by atoms with van der Waals surface area (Å²) in [6, 6.07) is 7.31. The maximum Gasteiger partial charge on any atom is 0.123 e. The third kappa shape index (κ3) is 3.48. The molecule has 2 aliphatic rings. The van der Waals surface area contributed by atoms with E-state index in [1.807, 2.05) is 12.3 Å². The molecular weight excluding hydrogens is 317 g/mol. The van der Waals surface area contributed by atoms with Gasteiger partial charge in [0.15, 0.2) is 0 Å². The number of nitrogens with zero attached hydrogens (tertiary/aromatic N) is 3. The van der Waals surface area contributed by atoms with E-state index in [1.165, 1.54) is 6.07 Å². The number of hydrogen-bond acceptors (Lipinski definition) is 3. The van der Waals surface area contributed by atoms with Crippen LogP contribution in [0.2, 0.25) is 0 Å². The SMILES string of the molecule is CC(C)n1ccnc1CN1CC2(COC(Cc3cccc(F)c3)C2)C1. The lowest BCUT2D eigenvalue weighted by atomic mass is 9.77. The van der Waals surface area contributed by atoms with Gasteiger partial charge in [-0.3, -0.25) is 4.90 Å². The first-order valence-corrected chi connectivity index (χ1v) is 9.13. The van der Waals surface area contributed by atoms with Crippen LogP contribution < -0.4 is 0 Å². The standard InChI is InChI=1S/C20H26FN3O/c1-15(2)24-7-6-22-19(24)11-23-12-20(13-23)10-18(25-14-20)9-16-4-3-5-17(21)8-16/h3-8,15,18H,9-14H2,1-2H3. The molecule has 2 aliphatic heterocycles. The fourth-order valence-electron chi connectivity index (χ4n) is 4.32. The first-order chi connectivity index (χ1) is 12.0. The maximum absolute atomic E-state index is 13.3. The van der Waals surface area contributed by atoms with E-state index in [-0.39, 0.29) is 17.3 Å². The molecule has 1 unspecified atom stereocenters. The van der Waals surface area contributed by atoms with E-state index >= 15 is 0 Å². The van der Waals surface area contributed by atoms with E-state index in [0.717, 1.165) is 50.5 Å². The number of halogens is 1. The molecule has 4 nitrogen and oxygen atoms in total. The van der Waals surface area contributed by atoms with Crippen LogP contribution >= 0.6 is 0 Å². The Morgan fingerprint density at radius 1 is 1.36 bits per heavy atom. The highest BCUT2D eigenvalue weighted by Crippen LogP contribution is 2.42. The summed E-state index contributed by atoms with van der Waals surface area (Å²) in [7, 11) is 0. The van der Waals surface area contributed by atoms with Gasteiger partial charge in [0.25, 0.3) is 0 Å². The van der Waals surface area contributed by atoms with E-state index in [1.54, 1.807) is 12.1 Å². The van der Waals surface area contributed by atoms with Crippen LogP contribution in [-0.2, 0) is 17.7 Å². The van der Waals surface area contributed by atoms with Gasteiger partial charge in [-0.2, -0.15) is 0 Å². The molecule has 0 bridgehead atoms. The van der Waals surface area contributed by atoms with Crippen molar-refractivity contribution in [1.82, 2.24) is 14.5 Å². The molecule has 2 aromatic rings. The second-order valence-electron chi connectivity index (χ2n) is 7.96. The molecule has 4 rings (SSSR count). The molecule has 0 amide bonds. The van der Waals surface area contributed by atoms with Gasteiger partial charge in [-0.05, 0) is 44.4 Å². The van der Waals surface area contributed by atoms with Crippen molar-refractivity contribution < 1.29 is 9.13 Å². The van der Waals surface area contributed by atoms with Gasteiger partial charge < -0.3 is 9.30 Å². The van der Waals surface area contributed by atoms with Gasteiger partial charge in [-0.25, -0.2) is 9.37 Å². The normalized spacial score (nSPS) is 22.6. The van der Waals surface area contributed by atoms with Crippen LogP contribution in [0.15, 0.2) is 36.7 Å². The summed E-state index contributed by atoms with van der Waals surface area (Å²) in [4.78, 5) is 6.96. The zero-order valence-corrected chi connectivity index (χ0v) is 15.0. The van der Waals surface area contributed by atoms with Gasteiger partial charge in [-0.1, -0.05) is 12.1 Å². The Morgan fingerprint density at radius 2 is 2.20 bits per heavy atom. The summed E-state index contributed by atoms with van der Waals surface area (Å²) in [5.74, 6) is 0.973. The number of likely N-dealkylation sites (tertiary alicyclic amines) is 1. The van der Waals surface area contributed by atoms with Crippen molar-refractivity contribution in [2.45, 2.75) is 45.4 Å². The Bertz CT molecular complexity index is 736. The number of imidazole rings is 1. The van der Waals surface area contributed by atoms with Crippen molar-refractivity contribution >= 4 is 0 Å². The first-order valence-electron chi connectivity index (χ1n) is 9.13. The maximum atomic E-state index is 13.3. The van der Waals surface area contributed by atoms with E-state index in [4.69, 9.17) is 4.74 Å². The van der Waals surface area contributed by atoms with Crippen LogP contribution in [0.5, 0.6) is 0 Å². The average Bonchev–Trinajstić information content (AvgIpc) is 3.14. The van der Waals surface area contributed by atoms with Crippen molar-refractivity contribution in [3.8, 4) is 0 Å². The number of aromatic nitrogens is 2. The summed E-state index contributed by atoms with van der Waals surface area (Å²) in [6.45, 7) is 8.23. The quantitative estimate of drug-likeness (QED) is 0.833. The Kier molecular flexibility index (Phi) is 4.38. The third-order valence-corrected chi connectivity index (χ3v) is 5.43. The molecule has 2 saturated heterocycles. The molecule has 25 heavy (non-hydrogen) atoms. The van der Waals surface area contributed by atoms with E-state index in [9.17, 15) is 4.39 Å². The van der Waals surface area contributed by atoms with Crippen molar-refractivity contribution in [1.29, 1.82) is 0 Å². The average molecular weight is 343 g/mol. The predicted octanol–water partition coefficient (Wildman–Crippen LogP) is 3.44. The molecule has 5 heteroatoms. The van der Waals surface area contributed by atoms with Gasteiger partial charge in [0.2, 0.25) is 0 Å². The topological polar surface area (TPSA) is 30.3 Å². The summed E-state index contributed by atoms with van der Waals surface area (Å²) in [5.41, 5.74) is 1.31. The zero-order valence-electron chi connectivity index (χ0n) is 15.0. The second kappa shape index (κ2) is 6.54. The van der Waals surface area contributed by atoms with Crippen molar-refractivity contribution in [2.75, 3.05) is 19.7 Å². The fourth-order valence-corrected chi connectivity index (χ4v) is 4.32. The van der Waals surface area contributed by atoms with Gasteiger partial charge in [-0.15, -0.1) is 0 Å². The van der Waals surface area contributed by atoms with Crippen molar-refractivity contribution in [3.63, 3.8) is 0 Å². The summed E-state index contributed by atoms with van der Waals surface area (Å²) in [6.07, 6.45) is 6.03. The lowest BCUT2D eigenvalue weighted by molar-refractivity contribution is -0.0162. The molecule has 1 aromatic carbocycles. The molecule has 1 aromatic heterocycles. The molecule has 1 spiro atoms. The zero-order chi connectivity index (χ0) is 17.4. The Morgan fingerprint density at radius 3 is 2.96 bits per heavy atom. The van der Waals surface area contributed by atoms with Crippen LogP contribution in [0.1, 0.15) is 37.7 Å². The molecule has 0 aliphatic carbocycles. The smallest absolute Gasteiger partial charge is 0.123 e. The fraction of sp³-hybridized carbons (Fsp3) is 0.550.